The molecule has 0 aliphatic heterocycles. The SMILES string of the molecule is C=NC(=O)CN(C)C(=C)N. The van der Waals surface area contributed by atoms with Gasteiger partial charge in [0.15, 0.2) is 0 Å². The molecule has 56 valence electrons. The van der Waals surface area contributed by atoms with Gasteiger partial charge in [0.25, 0.3) is 5.91 Å². The zero-order chi connectivity index (χ0) is 8.15. The molecule has 0 atom stereocenters. The molecule has 4 heteroatoms. The van der Waals surface area contributed by atoms with Crippen LogP contribution in [0.15, 0.2) is 17.4 Å². The number of rotatable bonds is 3. The molecule has 0 radical (unpaired) electrons. The van der Waals surface area contributed by atoms with E-state index in [1.807, 2.05) is 0 Å². The lowest BCUT2D eigenvalue weighted by Gasteiger charge is -2.14. The molecular weight excluding hydrogens is 130 g/mol. The minimum Gasteiger partial charge on any atom is -0.386 e. The second-order valence-electron chi connectivity index (χ2n) is 1.90. The lowest BCUT2D eigenvalue weighted by molar-refractivity contribution is -0.118. The van der Waals surface area contributed by atoms with E-state index in [1.54, 1.807) is 7.05 Å². The lowest BCUT2D eigenvalue weighted by Crippen LogP contribution is -2.27. The molecule has 0 aliphatic carbocycles. The van der Waals surface area contributed by atoms with Gasteiger partial charge >= 0.3 is 0 Å². The molecule has 0 saturated heterocycles. The second kappa shape index (κ2) is 3.66. The number of hydrogen-bond acceptors (Lipinski definition) is 3. The Kier molecular flexibility index (Phi) is 3.17. The first kappa shape index (κ1) is 8.68. The van der Waals surface area contributed by atoms with Gasteiger partial charge in [-0.2, -0.15) is 0 Å². The number of carbonyl (C=O) groups is 1. The largest absolute Gasteiger partial charge is 0.386 e. The fourth-order valence-electron chi connectivity index (χ4n) is 0.354. The molecule has 2 N–H and O–H groups in total. The molecule has 0 aromatic heterocycles. The average Bonchev–Trinajstić information content (AvgIpc) is 1.87. The van der Waals surface area contributed by atoms with Crippen molar-refractivity contribution in [3.63, 3.8) is 0 Å². The highest BCUT2D eigenvalue weighted by molar-refractivity contribution is 5.82. The van der Waals surface area contributed by atoms with E-state index >= 15 is 0 Å². The van der Waals surface area contributed by atoms with Crippen LogP contribution in [0.5, 0.6) is 0 Å². The summed E-state index contributed by atoms with van der Waals surface area (Å²) in [5.74, 6) is 0.0334. The van der Waals surface area contributed by atoms with Gasteiger partial charge in [-0.3, -0.25) is 4.79 Å². The van der Waals surface area contributed by atoms with Gasteiger partial charge in [0.2, 0.25) is 0 Å². The Balaban J connectivity index is 3.79. The van der Waals surface area contributed by atoms with E-state index in [2.05, 4.69) is 18.3 Å². The summed E-state index contributed by atoms with van der Waals surface area (Å²) in [6, 6.07) is 0. The normalized spacial score (nSPS) is 8.50. The van der Waals surface area contributed by atoms with Crippen molar-refractivity contribution in [2.45, 2.75) is 0 Å². The van der Waals surface area contributed by atoms with Crippen LogP contribution in [0.4, 0.5) is 0 Å². The third-order valence-electron chi connectivity index (χ3n) is 1.04. The zero-order valence-electron chi connectivity index (χ0n) is 6.00. The third-order valence-corrected chi connectivity index (χ3v) is 1.04. The van der Waals surface area contributed by atoms with Crippen LogP contribution in [0.3, 0.4) is 0 Å². The average molecular weight is 141 g/mol. The van der Waals surface area contributed by atoms with Gasteiger partial charge < -0.3 is 10.6 Å². The molecule has 0 spiro atoms. The predicted molar refractivity (Wildman–Crippen MR) is 40.5 cm³/mol. The number of nitrogens with zero attached hydrogens (tertiary/aromatic N) is 2. The Morgan fingerprint density at radius 2 is 2.30 bits per heavy atom. The molecule has 0 aliphatic rings. The van der Waals surface area contributed by atoms with Crippen LogP contribution in [0.25, 0.3) is 0 Å². The van der Waals surface area contributed by atoms with Crippen molar-refractivity contribution in [2.75, 3.05) is 13.6 Å². The smallest absolute Gasteiger partial charge is 0.264 e. The number of nitrogens with two attached hydrogens (primary N) is 1. The number of carbonyl (C=O) groups excluding carboxylic acids is 1. The van der Waals surface area contributed by atoms with Crippen molar-refractivity contribution in [1.29, 1.82) is 0 Å². The second-order valence-corrected chi connectivity index (χ2v) is 1.90. The summed E-state index contributed by atoms with van der Waals surface area (Å²) in [5.41, 5.74) is 5.26. The summed E-state index contributed by atoms with van der Waals surface area (Å²) < 4.78 is 0. The zero-order valence-corrected chi connectivity index (χ0v) is 6.00. The molecule has 0 aromatic rings. The Labute approximate surface area is 60.0 Å². The standard InChI is InChI=1S/C6H11N3O/c1-5(7)9(3)4-6(10)8-2/h1-2,4,7H2,3H3. The van der Waals surface area contributed by atoms with E-state index in [0.717, 1.165) is 0 Å². The number of hydrogen-bond donors (Lipinski definition) is 1. The number of aliphatic imine (C=N–C) groups is 1. The summed E-state index contributed by atoms with van der Waals surface area (Å²) in [4.78, 5) is 15.2. The molecule has 1 amide bonds. The van der Waals surface area contributed by atoms with Gasteiger partial charge in [-0.05, 0) is 6.72 Å². The van der Waals surface area contributed by atoms with Crippen LogP contribution in [-0.2, 0) is 4.79 Å². The fourth-order valence-corrected chi connectivity index (χ4v) is 0.354. The maximum atomic E-state index is 10.6. The minimum atomic E-state index is -0.311. The van der Waals surface area contributed by atoms with Gasteiger partial charge in [0.1, 0.15) is 6.54 Å². The Morgan fingerprint density at radius 3 is 2.60 bits per heavy atom. The van der Waals surface area contributed by atoms with E-state index in [-0.39, 0.29) is 12.5 Å². The maximum absolute atomic E-state index is 10.6. The minimum absolute atomic E-state index is 0.138. The Hall–Kier alpha value is -1.32. The van der Waals surface area contributed by atoms with E-state index in [1.165, 1.54) is 4.90 Å². The topological polar surface area (TPSA) is 58.7 Å². The molecule has 0 unspecified atom stereocenters. The number of likely N-dealkylation sites (N-methyl/N-ethyl adjacent to an activating group) is 1. The molecule has 0 heterocycles. The van der Waals surface area contributed by atoms with Crippen molar-refractivity contribution in [1.82, 2.24) is 4.90 Å². The molecule has 0 saturated carbocycles. The van der Waals surface area contributed by atoms with Crippen molar-refractivity contribution in [3.05, 3.63) is 12.4 Å². The molecule has 0 bridgehead atoms. The predicted octanol–water partition coefficient (Wildman–Crippen LogP) is -0.425. The van der Waals surface area contributed by atoms with Gasteiger partial charge in [-0.15, -0.1) is 0 Å². The molecule has 10 heavy (non-hydrogen) atoms. The summed E-state index contributed by atoms with van der Waals surface area (Å²) in [5, 5.41) is 0. The van der Waals surface area contributed by atoms with Gasteiger partial charge in [-0.25, -0.2) is 4.99 Å². The quantitative estimate of drug-likeness (QED) is 0.543. The highest BCUT2D eigenvalue weighted by Crippen LogP contribution is 1.88. The van der Waals surface area contributed by atoms with Crippen LogP contribution >= 0.6 is 0 Å². The summed E-state index contributed by atoms with van der Waals surface area (Å²) >= 11 is 0. The lowest BCUT2D eigenvalue weighted by atomic mass is 10.5. The molecule has 0 rings (SSSR count). The van der Waals surface area contributed by atoms with E-state index in [9.17, 15) is 4.79 Å². The van der Waals surface area contributed by atoms with Crippen molar-refractivity contribution >= 4 is 12.6 Å². The van der Waals surface area contributed by atoms with Crippen LogP contribution in [-0.4, -0.2) is 31.1 Å². The monoisotopic (exact) mass is 141 g/mol. The summed E-state index contributed by atoms with van der Waals surface area (Å²) in [6.07, 6.45) is 0. The third kappa shape index (κ3) is 2.86. The molecule has 0 aromatic carbocycles. The van der Waals surface area contributed by atoms with Crippen LogP contribution < -0.4 is 5.73 Å². The molecule has 0 fully saturated rings. The van der Waals surface area contributed by atoms with Crippen LogP contribution in [0.1, 0.15) is 0 Å². The van der Waals surface area contributed by atoms with Crippen LogP contribution in [0, 0.1) is 0 Å². The fraction of sp³-hybridized carbons (Fsp3) is 0.333. The van der Waals surface area contributed by atoms with E-state index in [0.29, 0.717) is 5.82 Å². The summed E-state index contributed by atoms with van der Waals surface area (Å²) in [7, 11) is 1.66. The highest BCUT2D eigenvalue weighted by Gasteiger charge is 2.02. The molecular formula is C6H11N3O. The first-order valence-corrected chi connectivity index (χ1v) is 2.73. The first-order valence-electron chi connectivity index (χ1n) is 2.73. The van der Waals surface area contributed by atoms with Crippen molar-refractivity contribution in [2.24, 2.45) is 10.7 Å². The molecule has 4 nitrogen and oxygen atoms in total. The number of amides is 1. The Bertz CT molecular complexity index is 164. The first-order chi connectivity index (χ1) is 4.57. The van der Waals surface area contributed by atoms with Gasteiger partial charge in [0, 0.05) is 7.05 Å². The van der Waals surface area contributed by atoms with Crippen molar-refractivity contribution < 1.29 is 4.79 Å². The van der Waals surface area contributed by atoms with Gasteiger partial charge in [0.05, 0.1) is 5.82 Å². The summed E-state index contributed by atoms with van der Waals surface area (Å²) in [6.45, 7) is 6.65. The maximum Gasteiger partial charge on any atom is 0.264 e. The van der Waals surface area contributed by atoms with Gasteiger partial charge in [-0.1, -0.05) is 6.58 Å². The van der Waals surface area contributed by atoms with Crippen LogP contribution in [0.2, 0.25) is 0 Å². The van der Waals surface area contributed by atoms with Crippen molar-refractivity contribution in [3.8, 4) is 0 Å². The van der Waals surface area contributed by atoms with E-state index < -0.39 is 0 Å². The highest BCUT2D eigenvalue weighted by atomic mass is 16.1. The Morgan fingerprint density at radius 1 is 1.80 bits per heavy atom. The van der Waals surface area contributed by atoms with E-state index in [4.69, 9.17) is 5.73 Å².